The Morgan fingerprint density at radius 2 is 1.88 bits per heavy atom. The van der Waals surface area contributed by atoms with Gasteiger partial charge in [-0.3, -0.25) is 4.79 Å². The standard InChI is InChI=1S/C27H34FNO5/c1-17(2)32-23-7-5-19(13-20(23)16-30)26(31)29-11-9-27(10-12-29)15-25(33-18(3)4)22-14-21(28)6-8-24(22)34-27/h5-8,13-14,17-18,25,30H,9-12,15-16H2,1-4H3. The van der Waals surface area contributed by atoms with Gasteiger partial charge in [-0.1, -0.05) is 0 Å². The Hall–Kier alpha value is -2.64. The maximum atomic E-state index is 13.9. The van der Waals surface area contributed by atoms with E-state index in [0.29, 0.717) is 55.0 Å². The zero-order valence-corrected chi connectivity index (χ0v) is 20.3. The highest BCUT2D eigenvalue weighted by Crippen LogP contribution is 2.46. The molecule has 0 aromatic heterocycles. The van der Waals surface area contributed by atoms with E-state index in [0.717, 1.165) is 5.56 Å². The van der Waals surface area contributed by atoms with Crippen LogP contribution in [0.25, 0.3) is 0 Å². The summed E-state index contributed by atoms with van der Waals surface area (Å²) in [5.74, 6) is 0.872. The van der Waals surface area contributed by atoms with E-state index in [1.165, 1.54) is 12.1 Å². The average molecular weight is 472 g/mol. The summed E-state index contributed by atoms with van der Waals surface area (Å²) in [4.78, 5) is 15.0. The molecule has 2 aliphatic heterocycles. The molecule has 1 fully saturated rings. The third-order valence-electron chi connectivity index (χ3n) is 6.44. The number of ether oxygens (including phenoxy) is 3. The molecule has 4 rings (SSSR count). The topological polar surface area (TPSA) is 68.2 Å². The Morgan fingerprint density at radius 3 is 2.53 bits per heavy atom. The summed E-state index contributed by atoms with van der Waals surface area (Å²) in [6.07, 6.45) is 1.68. The molecule has 1 saturated heterocycles. The lowest BCUT2D eigenvalue weighted by molar-refractivity contribution is -0.0873. The number of carbonyl (C=O) groups is 1. The molecule has 0 aliphatic carbocycles. The van der Waals surface area contributed by atoms with Crippen molar-refractivity contribution in [2.24, 2.45) is 0 Å². The van der Waals surface area contributed by atoms with Crippen molar-refractivity contribution < 1.29 is 28.5 Å². The van der Waals surface area contributed by atoms with E-state index >= 15 is 0 Å². The van der Waals surface area contributed by atoms with Crippen LogP contribution >= 0.6 is 0 Å². The summed E-state index contributed by atoms with van der Waals surface area (Å²) in [6.45, 7) is 8.68. The van der Waals surface area contributed by atoms with Crippen LogP contribution in [-0.2, 0) is 11.3 Å². The van der Waals surface area contributed by atoms with Gasteiger partial charge >= 0.3 is 0 Å². The molecule has 2 aliphatic rings. The molecular formula is C27H34FNO5. The van der Waals surface area contributed by atoms with Crippen molar-refractivity contribution in [3.8, 4) is 11.5 Å². The van der Waals surface area contributed by atoms with E-state index in [9.17, 15) is 14.3 Å². The predicted octanol–water partition coefficient (Wildman–Crippen LogP) is 5.03. The van der Waals surface area contributed by atoms with Crippen molar-refractivity contribution in [3.05, 3.63) is 58.9 Å². The molecule has 0 saturated carbocycles. The van der Waals surface area contributed by atoms with E-state index < -0.39 is 5.60 Å². The number of rotatable bonds is 6. The van der Waals surface area contributed by atoms with Crippen LogP contribution in [-0.4, -0.2) is 46.8 Å². The molecule has 1 atom stereocenters. The van der Waals surface area contributed by atoms with Gasteiger partial charge in [-0.05, 0) is 64.1 Å². The van der Waals surface area contributed by atoms with Crippen molar-refractivity contribution in [1.29, 1.82) is 0 Å². The number of aliphatic hydroxyl groups excluding tert-OH is 1. The first-order chi connectivity index (χ1) is 16.2. The molecule has 34 heavy (non-hydrogen) atoms. The number of fused-ring (bicyclic) bond motifs is 1. The molecule has 0 radical (unpaired) electrons. The third-order valence-corrected chi connectivity index (χ3v) is 6.44. The Bertz CT molecular complexity index is 1030. The third kappa shape index (κ3) is 5.20. The van der Waals surface area contributed by atoms with E-state index in [4.69, 9.17) is 14.2 Å². The highest BCUT2D eigenvalue weighted by molar-refractivity contribution is 5.94. The predicted molar refractivity (Wildman–Crippen MR) is 127 cm³/mol. The summed E-state index contributed by atoms with van der Waals surface area (Å²) < 4.78 is 32.2. The Kier molecular flexibility index (Phi) is 7.14. The van der Waals surface area contributed by atoms with Crippen molar-refractivity contribution in [2.45, 2.75) is 77.5 Å². The first-order valence-electron chi connectivity index (χ1n) is 12.0. The van der Waals surface area contributed by atoms with Crippen LogP contribution in [0.5, 0.6) is 11.5 Å². The Labute approximate surface area is 200 Å². The van der Waals surface area contributed by atoms with Crippen LogP contribution in [0.15, 0.2) is 36.4 Å². The van der Waals surface area contributed by atoms with E-state index in [-0.39, 0.29) is 36.6 Å². The number of piperidine rings is 1. The van der Waals surface area contributed by atoms with Crippen molar-refractivity contribution in [2.75, 3.05) is 13.1 Å². The molecule has 2 aromatic carbocycles. The van der Waals surface area contributed by atoms with E-state index in [1.807, 2.05) is 32.6 Å². The maximum Gasteiger partial charge on any atom is 0.253 e. The van der Waals surface area contributed by atoms with Gasteiger partial charge in [-0.15, -0.1) is 0 Å². The molecule has 1 spiro atoms. The number of likely N-dealkylation sites (tertiary alicyclic amines) is 1. The zero-order valence-electron chi connectivity index (χ0n) is 20.3. The fourth-order valence-corrected chi connectivity index (χ4v) is 4.85. The fourth-order valence-electron chi connectivity index (χ4n) is 4.85. The van der Waals surface area contributed by atoms with Gasteiger partial charge in [0.2, 0.25) is 0 Å². The first-order valence-corrected chi connectivity index (χ1v) is 12.0. The molecule has 7 heteroatoms. The van der Waals surface area contributed by atoms with Gasteiger partial charge in [0.1, 0.15) is 22.9 Å². The van der Waals surface area contributed by atoms with Gasteiger partial charge in [0, 0.05) is 49.0 Å². The van der Waals surface area contributed by atoms with Crippen LogP contribution in [0, 0.1) is 5.82 Å². The fraction of sp³-hybridized carbons (Fsp3) is 0.519. The Balaban J connectivity index is 1.48. The second-order valence-corrected chi connectivity index (χ2v) is 9.78. The number of hydrogen-bond donors (Lipinski definition) is 1. The van der Waals surface area contributed by atoms with Crippen LogP contribution in [0.1, 0.15) is 74.5 Å². The SMILES string of the molecule is CC(C)Oc1ccc(C(=O)N2CCC3(CC2)CC(OC(C)C)c2cc(F)ccc2O3)cc1CO. The number of aliphatic hydroxyl groups is 1. The number of benzene rings is 2. The summed E-state index contributed by atoms with van der Waals surface area (Å²) in [6, 6.07) is 9.79. The van der Waals surface area contributed by atoms with Crippen molar-refractivity contribution in [1.82, 2.24) is 4.90 Å². The summed E-state index contributed by atoms with van der Waals surface area (Å²) >= 11 is 0. The number of nitrogens with zero attached hydrogens (tertiary/aromatic N) is 1. The normalized spacial score (nSPS) is 19.3. The van der Waals surface area contributed by atoms with Gasteiger partial charge in [0.25, 0.3) is 5.91 Å². The Morgan fingerprint density at radius 1 is 1.15 bits per heavy atom. The van der Waals surface area contributed by atoms with Gasteiger partial charge in [0.15, 0.2) is 0 Å². The molecule has 184 valence electrons. The van der Waals surface area contributed by atoms with Crippen LogP contribution < -0.4 is 9.47 Å². The van der Waals surface area contributed by atoms with Gasteiger partial charge in [0.05, 0.1) is 24.9 Å². The summed E-state index contributed by atoms with van der Waals surface area (Å²) in [5, 5.41) is 9.74. The molecule has 1 unspecified atom stereocenters. The summed E-state index contributed by atoms with van der Waals surface area (Å²) in [7, 11) is 0. The molecular weight excluding hydrogens is 437 g/mol. The minimum atomic E-state index is -0.452. The number of hydrogen-bond acceptors (Lipinski definition) is 5. The van der Waals surface area contributed by atoms with Crippen LogP contribution in [0.2, 0.25) is 0 Å². The molecule has 1 amide bonds. The lowest BCUT2D eigenvalue weighted by Crippen LogP contribution is -2.52. The van der Waals surface area contributed by atoms with Crippen molar-refractivity contribution in [3.63, 3.8) is 0 Å². The highest BCUT2D eigenvalue weighted by Gasteiger charge is 2.45. The van der Waals surface area contributed by atoms with E-state index in [1.54, 1.807) is 24.3 Å². The molecule has 0 bridgehead atoms. The monoisotopic (exact) mass is 471 g/mol. The zero-order chi connectivity index (χ0) is 24.5. The maximum absolute atomic E-state index is 13.9. The largest absolute Gasteiger partial charge is 0.491 e. The number of halogens is 1. The second kappa shape index (κ2) is 9.92. The van der Waals surface area contributed by atoms with E-state index in [2.05, 4.69) is 0 Å². The van der Waals surface area contributed by atoms with Gasteiger partial charge in [-0.25, -0.2) is 4.39 Å². The van der Waals surface area contributed by atoms with Gasteiger partial charge in [-0.2, -0.15) is 0 Å². The molecule has 6 nitrogen and oxygen atoms in total. The second-order valence-electron chi connectivity index (χ2n) is 9.78. The number of amides is 1. The van der Waals surface area contributed by atoms with Crippen LogP contribution in [0.3, 0.4) is 0 Å². The lowest BCUT2D eigenvalue weighted by atomic mass is 9.81. The lowest BCUT2D eigenvalue weighted by Gasteiger charge is -2.47. The van der Waals surface area contributed by atoms with Crippen molar-refractivity contribution >= 4 is 5.91 Å². The molecule has 2 aromatic rings. The highest BCUT2D eigenvalue weighted by atomic mass is 19.1. The minimum absolute atomic E-state index is 0.00121. The quantitative estimate of drug-likeness (QED) is 0.640. The van der Waals surface area contributed by atoms with Gasteiger partial charge < -0.3 is 24.2 Å². The first kappa shape index (κ1) is 24.5. The molecule has 2 heterocycles. The smallest absolute Gasteiger partial charge is 0.253 e. The van der Waals surface area contributed by atoms with Crippen LogP contribution in [0.4, 0.5) is 4.39 Å². The number of carbonyl (C=O) groups excluding carboxylic acids is 1. The molecule has 1 N–H and O–H groups in total. The minimum Gasteiger partial charge on any atom is -0.491 e. The average Bonchev–Trinajstić information content (AvgIpc) is 2.79. The summed E-state index contributed by atoms with van der Waals surface area (Å²) in [5.41, 5.74) is 1.42.